The van der Waals surface area contributed by atoms with Crippen LogP contribution in [0.25, 0.3) is 17.8 Å². The second kappa shape index (κ2) is 4.97. The van der Waals surface area contributed by atoms with Crippen LogP contribution in [0.4, 0.5) is 0 Å². The molecule has 3 aromatic heterocycles. The normalized spacial score (nSPS) is 11.2. The largest absolute Gasteiger partial charge is 0.478 e. The fourth-order valence-electron chi connectivity index (χ4n) is 1.92. The molecule has 5 nitrogen and oxygen atoms in total. The number of carbonyl (C=O) groups is 1. The molecule has 0 saturated carbocycles. The van der Waals surface area contributed by atoms with Crippen molar-refractivity contribution in [1.82, 2.24) is 14.4 Å². The number of hydrogen-bond acceptors (Lipinski definition) is 3. The van der Waals surface area contributed by atoms with E-state index in [1.165, 1.54) is 18.3 Å². The molecule has 0 atom stereocenters. The monoisotopic (exact) mass is 265 g/mol. The zero-order valence-corrected chi connectivity index (χ0v) is 10.5. The summed E-state index contributed by atoms with van der Waals surface area (Å²) in [6, 6.07) is 8.76. The summed E-state index contributed by atoms with van der Waals surface area (Å²) in [5.41, 5.74) is 2.58. The summed E-state index contributed by atoms with van der Waals surface area (Å²) in [6.07, 6.45) is 8.78. The number of carboxylic acid groups (broad SMARTS) is 1. The van der Waals surface area contributed by atoms with Crippen LogP contribution in [0, 0.1) is 0 Å². The fraction of sp³-hybridized carbons (Fsp3) is 0. The minimum Gasteiger partial charge on any atom is -0.478 e. The number of nitrogens with zero attached hydrogens (tertiary/aromatic N) is 3. The Bertz CT molecular complexity index is 805. The van der Waals surface area contributed by atoms with E-state index >= 15 is 0 Å². The van der Waals surface area contributed by atoms with Crippen molar-refractivity contribution >= 4 is 23.8 Å². The Balaban J connectivity index is 1.94. The smallest absolute Gasteiger partial charge is 0.335 e. The van der Waals surface area contributed by atoms with Crippen LogP contribution in [0.1, 0.15) is 21.7 Å². The van der Waals surface area contributed by atoms with Gasteiger partial charge in [-0.1, -0.05) is 6.07 Å². The summed E-state index contributed by atoms with van der Waals surface area (Å²) in [5, 5.41) is 8.94. The summed E-state index contributed by atoms with van der Waals surface area (Å²) in [4.78, 5) is 19.3. The first-order chi connectivity index (χ1) is 9.74. The molecule has 0 aliphatic carbocycles. The van der Waals surface area contributed by atoms with Crippen LogP contribution in [0.5, 0.6) is 0 Å². The van der Waals surface area contributed by atoms with Crippen LogP contribution in [-0.2, 0) is 0 Å². The average Bonchev–Trinajstić information content (AvgIpc) is 2.89. The van der Waals surface area contributed by atoms with Gasteiger partial charge < -0.3 is 9.51 Å². The SMILES string of the molecule is O=C(O)c1ccnc(/C=C/c2cnc3ccccn23)c1. The molecule has 98 valence electrons. The van der Waals surface area contributed by atoms with Crippen LogP contribution >= 0.6 is 0 Å². The Morgan fingerprint density at radius 2 is 2.10 bits per heavy atom. The van der Waals surface area contributed by atoms with E-state index in [1.54, 1.807) is 12.3 Å². The summed E-state index contributed by atoms with van der Waals surface area (Å²) >= 11 is 0. The van der Waals surface area contributed by atoms with Gasteiger partial charge in [0.05, 0.1) is 23.1 Å². The molecular weight excluding hydrogens is 254 g/mol. The summed E-state index contributed by atoms with van der Waals surface area (Å²) in [5.74, 6) is -0.961. The predicted molar refractivity (Wildman–Crippen MR) is 75.3 cm³/mol. The Labute approximate surface area is 114 Å². The molecule has 20 heavy (non-hydrogen) atoms. The molecule has 5 heteroatoms. The third kappa shape index (κ3) is 2.29. The molecule has 0 unspecified atom stereocenters. The van der Waals surface area contributed by atoms with Gasteiger partial charge in [-0.15, -0.1) is 0 Å². The standard InChI is InChI=1S/C15H11N3O2/c19-15(20)11-6-7-16-12(9-11)4-5-13-10-17-14-3-1-2-8-18(13)14/h1-10H,(H,19,20)/b5-4+. The molecule has 3 aromatic rings. The van der Waals surface area contributed by atoms with Gasteiger partial charge >= 0.3 is 5.97 Å². The van der Waals surface area contributed by atoms with Gasteiger partial charge in [0, 0.05) is 12.4 Å². The van der Waals surface area contributed by atoms with E-state index in [2.05, 4.69) is 9.97 Å². The molecular formula is C15H11N3O2. The predicted octanol–water partition coefficient (Wildman–Crippen LogP) is 2.60. The van der Waals surface area contributed by atoms with Crippen LogP contribution in [0.3, 0.4) is 0 Å². The lowest BCUT2D eigenvalue weighted by atomic mass is 10.2. The van der Waals surface area contributed by atoms with Gasteiger partial charge in [0.15, 0.2) is 0 Å². The van der Waals surface area contributed by atoms with E-state index in [0.717, 1.165) is 11.3 Å². The van der Waals surface area contributed by atoms with E-state index in [0.29, 0.717) is 5.69 Å². The second-order valence-electron chi connectivity index (χ2n) is 4.22. The second-order valence-corrected chi connectivity index (χ2v) is 4.22. The lowest BCUT2D eigenvalue weighted by Crippen LogP contribution is -1.96. The number of pyridine rings is 2. The van der Waals surface area contributed by atoms with E-state index < -0.39 is 5.97 Å². The topological polar surface area (TPSA) is 67.5 Å². The third-order valence-corrected chi connectivity index (χ3v) is 2.90. The Hall–Kier alpha value is -2.95. The van der Waals surface area contributed by atoms with E-state index in [9.17, 15) is 4.79 Å². The molecule has 0 spiro atoms. The first-order valence-corrected chi connectivity index (χ1v) is 6.03. The maximum Gasteiger partial charge on any atom is 0.335 e. The quantitative estimate of drug-likeness (QED) is 0.790. The van der Waals surface area contributed by atoms with Crippen LogP contribution < -0.4 is 0 Å². The van der Waals surface area contributed by atoms with Crippen molar-refractivity contribution in [2.45, 2.75) is 0 Å². The van der Waals surface area contributed by atoms with Gasteiger partial charge in [-0.3, -0.25) is 4.98 Å². The van der Waals surface area contributed by atoms with Crippen LogP contribution in [0.2, 0.25) is 0 Å². The molecule has 0 fully saturated rings. The maximum absolute atomic E-state index is 10.9. The fourth-order valence-corrected chi connectivity index (χ4v) is 1.92. The van der Waals surface area contributed by atoms with Crippen molar-refractivity contribution < 1.29 is 9.90 Å². The summed E-state index contributed by atoms with van der Waals surface area (Å²) in [6.45, 7) is 0. The zero-order valence-electron chi connectivity index (χ0n) is 10.5. The molecule has 1 N–H and O–H groups in total. The number of rotatable bonds is 3. The highest BCUT2D eigenvalue weighted by Crippen LogP contribution is 2.10. The first kappa shape index (κ1) is 12.1. The van der Waals surface area contributed by atoms with E-state index in [-0.39, 0.29) is 5.56 Å². The molecule has 3 rings (SSSR count). The molecule has 0 amide bonds. The van der Waals surface area contributed by atoms with Crippen molar-refractivity contribution in [3.8, 4) is 0 Å². The number of aromatic carboxylic acids is 1. The molecule has 3 heterocycles. The molecule has 0 radical (unpaired) electrons. The number of fused-ring (bicyclic) bond motifs is 1. The molecule has 0 aromatic carbocycles. The number of imidazole rings is 1. The molecule has 0 bridgehead atoms. The molecule has 0 aliphatic rings. The van der Waals surface area contributed by atoms with Gasteiger partial charge in [0.25, 0.3) is 0 Å². The lowest BCUT2D eigenvalue weighted by molar-refractivity contribution is 0.0696. The summed E-state index contributed by atoms with van der Waals surface area (Å²) < 4.78 is 1.94. The van der Waals surface area contributed by atoms with Crippen molar-refractivity contribution in [3.63, 3.8) is 0 Å². The third-order valence-electron chi connectivity index (χ3n) is 2.90. The lowest BCUT2D eigenvalue weighted by Gasteiger charge is -1.97. The van der Waals surface area contributed by atoms with Crippen LogP contribution in [0.15, 0.2) is 48.9 Å². The average molecular weight is 265 g/mol. The Kier molecular flexibility index (Phi) is 3.01. The number of carboxylic acids is 1. The van der Waals surface area contributed by atoms with Gasteiger partial charge in [0.1, 0.15) is 5.65 Å². The van der Waals surface area contributed by atoms with Crippen molar-refractivity contribution in [1.29, 1.82) is 0 Å². The first-order valence-electron chi connectivity index (χ1n) is 6.03. The van der Waals surface area contributed by atoms with E-state index in [4.69, 9.17) is 5.11 Å². The van der Waals surface area contributed by atoms with Gasteiger partial charge in [-0.05, 0) is 36.4 Å². The number of aromatic nitrogens is 3. The van der Waals surface area contributed by atoms with Gasteiger partial charge in [-0.2, -0.15) is 0 Å². The molecule has 0 aliphatic heterocycles. The van der Waals surface area contributed by atoms with Gasteiger partial charge in [0.2, 0.25) is 0 Å². The molecule has 0 saturated heterocycles. The van der Waals surface area contributed by atoms with Crippen molar-refractivity contribution in [2.24, 2.45) is 0 Å². The summed E-state index contributed by atoms with van der Waals surface area (Å²) in [7, 11) is 0. The van der Waals surface area contributed by atoms with Crippen molar-refractivity contribution in [2.75, 3.05) is 0 Å². The van der Waals surface area contributed by atoms with Gasteiger partial charge in [-0.25, -0.2) is 9.78 Å². The van der Waals surface area contributed by atoms with Crippen molar-refractivity contribution in [3.05, 3.63) is 65.9 Å². The van der Waals surface area contributed by atoms with Crippen LogP contribution in [-0.4, -0.2) is 25.4 Å². The zero-order chi connectivity index (χ0) is 13.9. The highest BCUT2D eigenvalue weighted by molar-refractivity contribution is 5.88. The Morgan fingerprint density at radius 1 is 1.20 bits per heavy atom. The number of hydrogen-bond donors (Lipinski definition) is 1. The maximum atomic E-state index is 10.9. The minimum atomic E-state index is -0.961. The highest BCUT2D eigenvalue weighted by Gasteiger charge is 2.03. The van der Waals surface area contributed by atoms with E-state index in [1.807, 2.05) is 34.9 Å². The Morgan fingerprint density at radius 3 is 2.95 bits per heavy atom. The highest BCUT2D eigenvalue weighted by atomic mass is 16.4. The minimum absolute atomic E-state index is 0.220.